The van der Waals surface area contributed by atoms with Gasteiger partial charge in [0.2, 0.25) is 5.13 Å². The van der Waals surface area contributed by atoms with E-state index in [0.717, 1.165) is 0 Å². The topological polar surface area (TPSA) is 79.8 Å². The first-order valence-electron chi connectivity index (χ1n) is 7.23. The van der Waals surface area contributed by atoms with Crippen molar-refractivity contribution in [2.75, 3.05) is 17.2 Å². The average Bonchev–Trinajstić information content (AvgIpc) is 3.10. The van der Waals surface area contributed by atoms with Crippen LogP contribution in [0.3, 0.4) is 0 Å². The van der Waals surface area contributed by atoms with Crippen molar-refractivity contribution in [2.45, 2.75) is 6.42 Å². The summed E-state index contributed by atoms with van der Waals surface area (Å²) in [6, 6.07) is 10.0. The number of hydrogen-bond donors (Lipinski definition) is 2. The smallest absolute Gasteiger partial charge is 0.259 e. The Morgan fingerprint density at radius 2 is 2.08 bits per heavy atom. The van der Waals surface area contributed by atoms with E-state index in [2.05, 4.69) is 25.8 Å². The number of anilines is 2. The molecule has 0 fully saturated rings. The van der Waals surface area contributed by atoms with Crippen molar-refractivity contribution in [2.24, 2.45) is 0 Å². The second kappa shape index (κ2) is 7.60. The number of rotatable bonds is 6. The van der Waals surface area contributed by atoms with E-state index in [0.29, 0.717) is 35.0 Å². The summed E-state index contributed by atoms with van der Waals surface area (Å²) in [6.45, 7) is 0.546. The van der Waals surface area contributed by atoms with E-state index in [-0.39, 0.29) is 11.7 Å². The minimum absolute atomic E-state index is 0.212. The van der Waals surface area contributed by atoms with E-state index in [1.54, 1.807) is 24.3 Å². The third-order valence-corrected chi connectivity index (χ3v) is 3.87. The summed E-state index contributed by atoms with van der Waals surface area (Å²) < 4.78 is 13.5. The first-order valence-corrected chi connectivity index (χ1v) is 8.11. The summed E-state index contributed by atoms with van der Waals surface area (Å²) in [6.07, 6.45) is 2.02. The molecule has 122 valence electrons. The normalized spacial score (nSPS) is 10.4. The van der Waals surface area contributed by atoms with Crippen LogP contribution in [0, 0.1) is 5.82 Å². The molecule has 0 aliphatic heterocycles. The average molecular weight is 343 g/mol. The van der Waals surface area contributed by atoms with Gasteiger partial charge in [0.15, 0.2) is 0 Å². The minimum Gasteiger partial charge on any atom is -0.370 e. The highest BCUT2D eigenvalue weighted by Gasteiger charge is 2.08. The standard InChI is InChI=1S/C16H14FN5OS/c17-13-4-2-1-3-11(13)7-8-18-14-6-5-12(9-19-14)15(23)21-16-22-20-10-24-16/h1-6,9-10H,7-8H2,(H,18,19)(H,21,22,23). The molecule has 3 rings (SSSR count). The molecule has 0 aliphatic carbocycles. The third kappa shape index (κ3) is 4.11. The number of hydrogen-bond acceptors (Lipinski definition) is 6. The Morgan fingerprint density at radius 3 is 2.79 bits per heavy atom. The number of amides is 1. The van der Waals surface area contributed by atoms with Gasteiger partial charge in [0.1, 0.15) is 17.1 Å². The molecule has 8 heteroatoms. The summed E-state index contributed by atoms with van der Waals surface area (Å²) in [4.78, 5) is 16.2. The van der Waals surface area contributed by atoms with Crippen LogP contribution in [0.15, 0.2) is 48.1 Å². The van der Waals surface area contributed by atoms with Crippen molar-refractivity contribution in [3.63, 3.8) is 0 Å². The predicted octanol–water partition coefficient (Wildman–Crippen LogP) is 2.98. The van der Waals surface area contributed by atoms with Crippen LogP contribution < -0.4 is 10.6 Å². The van der Waals surface area contributed by atoms with Gasteiger partial charge in [0, 0.05) is 12.7 Å². The highest BCUT2D eigenvalue weighted by atomic mass is 32.1. The van der Waals surface area contributed by atoms with E-state index in [9.17, 15) is 9.18 Å². The molecule has 0 saturated heterocycles. The number of nitrogens with zero attached hydrogens (tertiary/aromatic N) is 3. The number of carbonyl (C=O) groups is 1. The fraction of sp³-hybridized carbons (Fsp3) is 0.125. The van der Waals surface area contributed by atoms with Gasteiger partial charge >= 0.3 is 0 Å². The lowest BCUT2D eigenvalue weighted by Gasteiger charge is -2.07. The maximum absolute atomic E-state index is 13.5. The van der Waals surface area contributed by atoms with E-state index >= 15 is 0 Å². The SMILES string of the molecule is O=C(Nc1nncs1)c1ccc(NCCc2ccccc2F)nc1. The summed E-state index contributed by atoms with van der Waals surface area (Å²) in [5.41, 5.74) is 2.61. The molecule has 24 heavy (non-hydrogen) atoms. The molecule has 0 saturated carbocycles. The van der Waals surface area contributed by atoms with Gasteiger partial charge < -0.3 is 5.32 Å². The Kier molecular flexibility index (Phi) is 5.07. The summed E-state index contributed by atoms with van der Waals surface area (Å²) >= 11 is 1.24. The Morgan fingerprint density at radius 1 is 1.21 bits per heavy atom. The molecule has 2 aromatic heterocycles. The van der Waals surface area contributed by atoms with Crippen molar-refractivity contribution >= 4 is 28.2 Å². The van der Waals surface area contributed by atoms with Crippen molar-refractivity contribution in [1.82, 2.24) is 15.2 Å². The maximum Gasteiger partial charge on any atom is 0.259 e. The van der Waals surface area contributed by atoms with Crippen LogP contribution in [0.5, 0.6) is 0 Å². The maximum atomic E-state index is 13.5. The van der Waals surface area contributed by atoms with Crippen LogP contribution in [0.1, 0.15) is 15.9 Å². The van der Waals surface area contributed by atoms with Gasteiger partial charge in [0.05, 0.1) is 5.56 Å². The lowest BCUT2D eigenvalue weighted by atomic mass is 10.1. The van der Waals surface area contributed by atoms with Crippen LogP contribution >= 0.6 is 11.3 Å². The van der Waals surface area contributed by atoms with Crippen LogP contribution in [-0.2, 0) is 6.42 Å². The molecule has 6 nitrogen and oxygen atoms in total. The Balaban J connectivity index is 1.53. The molecular weight excluding hydrogens is 329 g/mol. The zero-order valence-corrected chi connectivity index (χ0v) is 13.4. The van der Waals surface area contributed by atoms with Crippen LogP contribution in [0.25, 0.3) is 0 Å². The first-order chi connectivity index (χ1) is 11.7. The van der Waals surface area contributed by atoms with Gasteiger partial charge in [0.25, 0.3) is 5.91 Å². The highest BCUT2D eigenvalue weighted by Crippen LogP contribution is 2.12. The van der Waals surface area contributed by atoms with Crippen molar-refractivity contribution in [3.8, 4) is 0 Å². The molecule has 0 unspecified atom stereocenters. The van der Waals surface area contributed by atoms with Crippen molar-refractivity contribution in [3.05, 3.63) is 65.0 Å². The summed E-state index contributed by atoms with van der Waals surface area (Å²) in [5.74, 6) is 0.118. The predicted molar refractivity (Wildman–Crippen MR) is 90.7 cm³/mol. The number of aromatic nitrogens is 3. The van der Waals surface area contributed by atoms with Gasteiger partial charge in [-0.1, -0.05) is 29.5 Å². The molecule has 0 bridgehead atoms. The Bertz CT molecular complexity index is 808. The quantitative estimate of drug-likeness (QED) is 0.719. The van der Waals surface area contributed by atoms with Crippen molar-refractivity contribution < 1.29 is 9.18 Å². The second-order valence-electron chi connectivity index (χ2n) is 4.90. The first kappa shape index (κ1) is 16.0. The minimum atomic E-state index is -0.294. The lowest BCUT2D eigenvalue weighted by molar-refractivity contribution is 0.102. The number of halogens is 1. The molecule has 3 aromatic rings. The zero-order valence-electron chi connectivity index (χ0n) is 12.6. The van der Waals surface area contributed by atoms with E-state index in [4.69, 9.17) is 0 Å². The Labute approximate surface area is 141 Å². The zero-order chi connectivity index (χ0) is 16.8. The molecule has 2 N–H and O–H groups in total. The van der Waals surface area contributed by atoms with Gasteiger partial charge in [-0.05, 0) is 30.2 Å². The molecule has 0 spiro atoms. The van der Waals surface area contributed by atoms with E-state index in [1.807, 2.05) is 6.07 Å². The van der Waals surface area contributed by atoms with Crippen LogP contribution in [-0.4, -0.2) is 27.6 Å². The van der Waals surface area contributed by atoms with E-state index in [1.165, 1.54) is 29.1 Å². The second-order valence-corrected chi connectivity index (χ2v) is 5.73. The summed E-state index contributed by atoms with van der Waals surface area (Å²) in [5, 5.41) is 13.6. The van der Waals surface area contributed by atoms with Gasteiger partial charge in [-0.2, -0.15) is 0 Å². The fourth-order valence-corrected chi connectivity index (χ4v) is 2.50. The number of pyridine rings is 1. The number of carbonyl (C=O) groups excluding carboxylic acids is 1. The van der Waals surface area contributed by atoms with Gasteiger partial charge in [-0.25, -0.2) is 9.37 Å². The fourth-order valence-electron chi connectivity index (χ4n) is 2.06. The molecule has 1 aromatic carbocycles. The monoisotopic (exact) mass is 343 g/mol. The van der Waals surface area contributed by atoms with Crippen molar-refractivity contribution in [1.29, 1.82) is 0 Å². The Hall–Kier alpha value is -2.87. The molecule has 0 aliphatic rings. The van der Waals surface area contributed by atoms with Gasteiger partial charge in [-0.15, -0.1) is 10.2 Å². The van der Waals surface area contributed by atoms with Crippen LogP contribution in [0.4, 0.5) is 15.3 Å². The molecule has 1 amide bonds. The summed E-state index contributed by atoms with van der Waals surface area (Å²) in [7, 11) is 0. The van der Waals surface area contributed by atoms with Gasteiger partial charge in [-0.3, -0.25) is 10.1 Å². The molecular formula is C16H14FN5OS. The number of benzene rings is 1. The molecule has 0 radical (unpaired) electrons. The molecule has 0 atom stereocenters. The lowest BCUT2D eigenvalue weighted by Crippen LogP contribution is -2.13. The largest absolute Gasteiger partial charge is 0.370 e. The number of nitrogens with one attached hydrogen (secondary N) is 2. The molecule has 2 heterocycles. The van der Waals surface area contributed by atoms with E-state index < -0.39 is 0 Å². The van der Waals surface area contributed by atoms with Crippen LogP contribution in [0.2, 0.25) is 0 Å². The third-order valence-electron chi connectivity index (χ3n) is 3.26. The highest BCUT2D eigenvalue weighted by molar-refractivity contribution is 7.13.